The fourth-order valence-electron chi connectivity index (χ4n) is 5.41. The van der Waals surface area contributed by atoms with Crippen molar-refractivity contribution in [1.82, 2.24) is 14.7 Å². The van der Waals surface area contributed by atoms with Crippen LogP contribution in [0.15, 0.2) is 0 Å². The van der Waals surface area contributed by atoms with Gasteiger partial charge in [-0.1, -0.05) is 6.92 Å². The van der Waals surface area contributed by atoms with Crippen LogP contribution in [-0.4, -0.2) is 146 Å². The Morgan fingerprint density at radius 2 is 0.943 bits per heavy atom. The summed E-state index contributed by atoms with van der Waals surface area (Å²) in [5, 5.41) is 31.4. The number of aliphatic hydroxyl groups is 3. The molecule has 9 heteroatoms. The smallest absolute Gasteiger partial charge is 0.114 e. The van der Waals surface area contributed by atoms with Crippen molar-refractivity contribution >= 4 is 0 Å². The van der Waals surface area contributed by atoms with Gasteiger partial charge in [-0.15, -0.1) is 0 Å². The van der Waals surface area contributed by atoms with E-state index in [4.69, 9.17) is 14.2 Å². The van der Waals surface area contributed by atoms with Crippen molar-refractivity contribution in [2.75, 3.05) is 91.9 Å². The molecular formula is C26H51N3O6. The van der Waals surface area contributed by atoms with Gasteiger partial charge in [0.1, 0.15) is 5.60 Å². The molecule has 0 spiro atoms. The average molecular weight is 502 g/mol. The van der Waals surface area contributed by atoms with Gasteiger partial charge in [-0.05, 0) is 84.2 Å². The van der Waals surface area contributed by atoms with Crippen molar-refractivity contribution in [1.29, 1.82) is 0 Å². The highest BCUT2D eigenvalue weighted by Crippen LogP contribution is 2.20. The normalized spacial score (nSPS) is 24.7. The molecule has 0 aromatic carbocycles. The fraction of sp³-hybridized carbons (Fsp3) is 1.00. The van der Waals surface area contributed by atoms with Gasteiger partial charge in [-0.2, -0.15) is 0 Å². The van der Waals surface area contributed by atoms with E-state index >= 15 is 0 Å². The lowest BCUT2D eigenvalue weighted by Crippen LogP contribution is -2.47. The van der Waals surface area contributed by atoms with E-state index in [0.29, 0.717) is 26.1 Å². The van der Waals surface area contributed by atoms with E-state index in [9.17, 15) is 15.3 Å². The van der Waals surface area contributed by atoms with Crippen LogP contribution < -0.4 is 0 Å². The highest BCUT2D eigenvalue weighted by atomic mass is 16.6. The number of likely N-dealkylation sites (tertiary alicyclic amines) is 3. The number of ether oxygens (including phenoxy) is 3. The minimum atomic E-state index is -0.729. The molecule has 3 unspecified atom stereocenters. The topological polar surface area (TPSA) is 98.1 Å². The summed E-state index contributed by atoms with van der Waals surface area (Å²) >= 11 is 0. The number of rotatable bonds is 18. The monoisotopic (exact) mass is 501 g/mol. The lowest BCUT2D eigenvalue weighted by atomic mass is 10.0. The zero-order valence-electron chi connectivity index (χ0n) is 22.0. The van der Waals surface area contributed by atoms with Gasteiger partial charge in [0, 0.05) is 19.6 Å². The van der Waals surface area contributed by atoms with E-state index < -0.39 is 23.9 Å². The van der Waals surface area contributed by atoms with Gasteiger partial charge in [-0.3, -0.25) is 0 Å². The lowest BCUT2D eigenvalue weighted by molar-refractivity contribution is -0.163. The van der Waals surface area contributed by atoms with Gasteiger partial charge < -0.3 is 44.2 Å². The Bertz CT molecular complexity index is 523. The molecule has 3 rings (SSSR count). The average Bonchev–Trinajstić information content (AvgIpc) is 3.62. The van der Waals surface area contributed by atoms with Crippen molar-refractivity contribution in [3.8, 4) is 0 Å². The molecule has 3 aliphatic rings. The van der Waals surface area contributed by atoms with E-state index in [2.05, 4.69) is 14.7 Å². The molecule has 3 saturated heterocycles. The molecule has 0 saturated carbocycles. The molecule has 206 valence electrons. The van der Waals surface area contributed by atoms with Gasteiger partial charge >= 0.3 is 0 Å². The summed E-state index contributed by atoms with van der Waals surface area (Å²) in [6, 6.07) is 0. The maximum Gasteiger partial charge on any atom is 0.114 e. The first kappa shape index (κ1) is 29.2. The lowest BCUT2D eigenvalue weighted by Gasteiger charge is -2.34. The summed E-state index contributed by atoms with van der Waals surface area (Å²) in [5.74, 6) is 0. The third-order valence-corrected chi connectivity index (χ3v) is 7.58. The first-order valence-corrected chi connectivity index (χ1v) is 14.0. The van der Waals surface area contributed by atoms with Crippen molar-refractivity contribution < 1.29 is 29.5 Å². The van der Waals surface area contributed by atoms with E-state index in [1.54, 1.807) is 0 Å². The zero-order valence-corrected chi connectivity index (χ0v) is 22.0. The molecule has 3 fully saturated rings. The minimum Gasteiger partial charge on any atom is -0.389 e. The number of hydrogen-bond donors (Lipinski definition) is 3. The Kier molecular flexibility index (Phi) is 13.2. The second-order valence-corrected chi connectivity index (χ2v) is 10.9. The van der Waals surface area contributed by atoms with Gasteiger partial charge in [0.2, 0.25) is 0 Å². The van der Waals surface area contributed by atoms with Crippen LogP contribution in [0.25, 0.3) is 0 Å². The summed E-state index contributed by atoms with van der Waals surface area (Å²) in [4.78, 5) is 6.83. The number of aliphatic hydroxyl groups excluding tert-OH is 3. The molecular weight excluding hydrogens is 450 g/mol. The first-order chi connectivity index (χ1) is 17.0. The van der Waals surface area contributed by atoms with Crippen LogP contribution in [0, 0.1) is 0 Å². The molecule has 0 bridgehead atoms. The Balaban J connectivity index is 1.45. The maximum absolute atomic E-state index is 10.6. The predicted molar refractivity (Wildman–Crippen MR) is 136 cm³/mol. The van der Waals surface area contributed by atoms with Crippen molar-refractivity contribution in [2.45, 2.75) is 75.8 Å². The molecule has 35 heavy (non-hydrogen) atoms. The van der Waals surface area contributed by atoms with Crippen molar-refractivity contribution in [3.05, 3.63) is 0 Å². The number of β-amino-alcohol motifs (C(OH)–C–C–N with tert-alkyl or cyclic N) is 3. The second kappa shape index (κ2) is 15.8. The van der Waals surface area contributed by atoms with E-state index in [1.807, 2.05) is 6.92 Å². The van der Waals surface area contributed by atoms with Crippen LogP contribution in [0.5, 0.6) is 0 Å². The summed E-state index contributed by atoms with van der Waals surface area (Å²) in [6.45, 7) is 11.4. The van der Waals surface area contributed by atoms with Crippen LogP contribution >= 0.6 is 0 Å². The zero-order chi connectivity index (χ0) is 24.9. The molecule has 3 atom stereocenters. The predicted octanol–water partition coefficient (Wildman–Crippen LogP) is 0.555. The molecule has 0 aromatic rings. The van der Waals surface area contributed by atoms with E-state index in [1.165, 1.54) is 38.5 Å². The minimum absolute atomic E-state index is 0.212. The van der Waals surface area contributed by atoms with Gasteiger partial charge in [0.25, 0.3) is 0 Å². The number of hydrogen-bond acceptors (Lipinski definition) is 9. The molecule has 3 heterocycles. The first-order valence-electron chi connectivity index (χ1n) is 14.0. The largest absolute Gasteiger partial charge is 0.389 e. The molecule has 0 aliphatic carbocycles. The summed E-state index contributed by atoms with van der Waals surface area (Å²) in [6.07, 6.45) is 6.17. The van der Waals surface area contributed by atoms with Gasteiger partial charge in [-0.25, -0.2) is 0 Å². The molecule has 0 radical (unpaired) electrons. The molecule has 9 nitrogen and oxygen atoms in total. The quantitative estimate of drug-likeness (QED) is 0.249. The SMILES string of the molecule is CCC(COCC(O)CN1CCCC1)(COCC(O)CN1CCCC1)OCC(O)CN1CCCC1. The van der Waals surface area contributed by atoms with Crippen molar-refractivity contribution in [3.63, 3.8) is 0 Å². The molecule has 3 N–H and O–H groups in total. The summed E-state index contributed by atoms with van der Waals surface area (Å²) in [7, 11) is 0. The summed E-state index contributed by atoms with van der Waals surface area (Å²) < 4.78 is 18.2. The summed E-state index contributed by atoms with van der Waals surface area (Å²) in [5.41, 5.74) is -0.729. The Morgan fingerprint density at radius 3 is 1.29 bits per heavy atom. The second-order valence-electron chi connectivity index (χ2n) is 10.9. The third kappa shape index (κ3) is 10.9. The molecule has 3 aliphatic heterocycles. The van der Waals surface area contributed by atoms with Gasteiger partial charge in [0.15, 0.2) is 0 Å². The van der Waals surface area contributed by atoms with Crippen LogP contribution in [0.3, 0.4) is 0 Å². The van der Waals surface area contributed by atoms with Crippen LogP contribution in [0.1, 0.15) is 51.9 Å². The van der Waals surface area contributed by atoms with E-state index in [0.717, 1.165) is 39.3 Å². The maximum atomic E-state index is 10.6. The van der Waals surface area contributed by atoms with Crippen molar-refractivity contribution in [2.24, 2.45) is 0 Å². The Labute approximate surface area is 212 Å². The Morgan fingerprint density at radius 1 is 0.600 bits per heavy atom. The third-order valence-electron chi connectivity index (χ3n) is 7.58. The van der Waals surface area contributed by atoms with Crippen LogP contribution in [0.4, 0.5) is 0 Å². The molecule has 0 aromatic heterocycles. The van der Waals surface area contributed by atoms with Gasteiger partial charge in [0.05, 0.1) is 51.3 Å². The van der Waals surface area contributed by atoms with E-state index in [-0.39, 0.29) is 33.0 Å². The Hall–Kier alpha value is -0.360. The highest BCUT2D eigenvalue weighted by Gasteiger charge is 2.32. The number of nitrogens with zero attached hydrogens (tertiary/aromatic N) is 3. The fourth-order valence-corrected chi connectivity index (χ4v) is 5.41. The van der Waals surface area contributed by atoms with Crippen LogP contribution in [0.2, 0.25) is 0 Å². The highest BCUT2D eigenvalue weighted by molar-refractivity contribution is 4.82. The standard InChI is InChI=1S/C26H51N3O6/c1-2-26(35-20-25(32)17-29-13-7-8-14-29,21-33-18-23(30)15-27-9-3-4-10-27)22-34-19-24(31)16-28-11-5-6-12-28/h23-25,30-32H,2-22H2,1H3. The van der Waals surface area contributed by atoms with Crippen LogP contribution in [-0.2, 0) is 14.2 Å². The molecule has 0 amide bonds.